The first kappa shape index (κ1) is 18.7. The Morgan fingerprint density at radius 2 is 1.83 bits per heavy atom. The lowest BCUT2D eigenvalue weighted by atomic mass is 9.80. The molecule has 9 heteroatoms. The zero-order valence-corrected chi connectivity index (χ0v) is 13.7. The van der Waals surface area contributed by atoms with Crippen molar-refractivity contribution in [3.8, 4) is 0 Å². The summed E-state index contributed by atoms with van der Waals surface area (Å²) in [6.07, 6.45) is -3.60. The molecule has 3 N–H and O–H groups in total. The van der Waals surface area contributed by atoms with Crippen LogP contribution >= 0.6 is 0 Å². The van der Waals surface area contributed by atoms with Gasteiger partial charge in [-0.3, -0.25) is 4.79 Å². The van der Waals surface area contributed by atoms with E-state index in [0.29, 0.717) is 24.1 Å². The Morgan fingerprint density at radius 3 is 2.38 bits per heavy atom. The van der Waals surface area contributed by atoms with Gasteiger partial charge >= 0.3 is 6.18 Å². The summed E-state index contributed by atoms with van der Waals surface area (Å²) < 4.78 is 60.4. The monoisotopic (exact) mass is 364 g/mol. The van der Waals surface area contributed by atoms with Gasteiger partial charge in [-0.25, -0.2) is 13.6 Å². The second-order valence-corrected chi connectivity index (χ2v) is 7.71. The van der Waals surface area contributed by atoms with E-state index in [-0.39, 0.29) is 18.6 Å². The van der Waals surface area contributed by atoms with E-state index in [1.165, 1.54) is 24.3 Å². The van der Waals surface area contributed by atoms with E-state index < -0.39 is 33.9 Å². The van der Waals surface area contributed by atoms with E-state index >= 15 is 0 Å². The molecule has 0 aliphatic heterocycles. The number of hydrogen-bond acceptors (Lipinski definition) is 3. The Morgan fingerprint density at radius 1 is 1.21 bits per heavy atom. The summed E-state index contributed by atoms with van der Waals surface area (Å²) in [5, 5.41) is 7.53. The summed E-state index contributed by atoms with van der Waals surface area (Å²) in [6, 6.07) is 6.00. The van der Waals surface area contributed by atoms with Crippen molar-refractivity contribution < 1.29 is 26.4 Å². The Hall–Kier alpha value is -1.61. The summed E-state index contributed by atoms with van der Waals surface area (Å²) in [5.41, 5.74) is 0.873. The molecule has 134 valence electrons. The van der Waals surface area contributed by atoms with Crippen LogP contribution in [0.1, 0.15) is 31.2 Å². The minimum atomic E-state index is -4.27. The van der Waals surface area contributed by atoms with E-state index in [4.69, 9.17) is 5.14 Å². The van der Waals surface area contributed by atoms with Crippen molar-refractivity contribution in [2.45, 2.75) is 37.6 Å². The number of carbonyl (C=O) groups excluding carboxylic acids is 1. The van der Waals surface area contributed by atoms with Crippen LogP contribution in [0.2, 0.25) is 0 Å². The standard InChI is InChI=1S/C15H19F3N2O3S/c16-15(17,18)12-3-1-2-11(8-12)14(21)20-13-6-4-10(5-7-13)9-24(19,22)23/h4-7,11-12H,1-3,8-9H2,(H,20,21)(H2,19,22,23). The summed E-state index contributed by atoms with van der Waals surface area (Å²) in [5.74, 6) is -2.87. The number of sulfonamides is 1. The van der Waals surface area contributed by atoms with Crippen LogP contribution in [0.4, 0.5) is 18.9 Å². The maximum Gasteiger partial charge on any atom is 0.391 e. The van der Waals surface area contributed by atoms with Crippen molar-refractivity contribution in [2.24, 2.45) is 17.0 Å². The van der Waals surface area contributed by atoms with E-state index in [1.54, 1.807) is 0 Å². The van der Waals surface area contributed by atoms with Crippen molar-refractivity contribution >= 4 is 21.6 Å². The number of hydrogen-bond donors (Lipinski definition) is 2. The SMILES string of the molecule is NS(=O)(=O)Cc1ccc(NC(=O)C2CCCC(C(F)(F)F)C2)cc1. The van der Waals surface area contributed by atoms with Crippen molar-refractivity contribution in [1.29, 1.82) is 0 Å². The lowest BCUT2D eigenvalue weighted by Crippen LogP contribution is -2.34. The fourth-order valence-corrected chi connectivity index (χ4v) is 3.54. The largest absolute Gasteiger partial charge is 0.391 e. The molecule has 0 aromatic heterocycles. The quantitative estimate of drug-likeness (QED) is 0.861. The van der Waals surface area contributed by atoms with Gasteiger partial charge in [0, 0.05) is 11.6 Å². The molecule has 1 aliphatic carbocycles. The third-order valence-corrected chi connectivity index (χ3v) is 4.83. The highest BCUT2D eigenvalue weighted by molar-refractivity contribution is 7.88. The van der Waals surface area contributed by atoms with Crippen LogP contribution in [0.3, 0.4) is 0 Å². The van der Waals surface area contributed by atoms with Crippen LogP contribution in [-0.2, 0) is 20.6 Å². The molecule has 1 fully saturated rings. The first-order valence-electron chi connectivity index (χ1n) is 7.51. The van der Waals surface area contributed by atoms with Gasteiger partial charge in [0.05, 0.1) is 11.7 Å². The third-order valence-electron chi connectivity index (χ3n) is 4.10. The zero-order chi connectivity index (χ0) is 18.0. The Labute approximate surface area is 138 Å². The lowest BCUT2D eigenvalue weighted by molar-refractivity contribution is -0.185. The molecule has 1 aliphatic rings. The van der Waals surface area contributed by atoms with Gasteiger partial charge in [0.25, 0.3) is 0 Å². The van der Waals surface area contributed by atoms with Crippen molar-refractivity contribution in [1.82, 2.24) is 0 Å². The van der Waals surface area contributed by atoms with E-state index in [1.807, 2.05) is 0 Å². The summed E-state index contributed by atoms with van der Waals surface area (Å²) in [4.78, 5) is 12.2. The van der Waals surface area contributed by atoms with Gasteiger partial charge in [0.2, 0.25) is 15.9 Å². The first-order chi connectivity index (χ1) is 11.0. The Balaban J connectivity index is 1.97. The van der Waals surface area contributed by atoms with E-state index in [9.17, 15) is 26.4 Å². The average Bonchev–Trinajstić information content (AvgIpc) is 2.47. The highest BCUT2D eigenvalue weighted by Gasteiger charge is 2.43. The molecule has 1 aromatic carbocycles. The first-order valence-corrected chi connectivity index (χ1v) is 9.23. The number of nitrogens with two attached hydrogens (primary N) is 1. The van der Waals surface area contributed by atoms with Gasteiger partial charge in [-0.15, -0.1) is 0 Å². The van der Waals surface area contributed by atoms with Crippen LogP contribution in [0, 0.1) is 11.8 Å². The maximum atomic E-state index is 12.8. The Kier molecular flexibility index (Phi) is 5.54. The fourth-order valence-electron chi connectivity index (χ4n) is 2.89. The molecular formula is C15H19F3N2O3S. The molecule has 0 spiro atoms. The number of primary sulfonamides is 1. The van der Waals surface area contributed by atoms with Gasteiger partial charge in [0.1, 0.15) is 0 Å². The van der Waals surface area contributed by atoms with Gasteiger partial charge < -0.3 is 5.32 Å². The smallest absolute Gasteiger partial charge is 0.326 e. The molecule has 2 atom stereocenters. The molecule has 0 saturated heterocycles. The number of amides is 1. The van der Waals surface area contributed by atoms with Crippen LogP contribution in [0.25, 0.3) is 0 Å². The zero-order valence-electron chi connectivity index (χ0n) is 12.8. The summed E-state index contributed by atoms with van der Waals surface area (Å²) >= 11 is 0. The molecule has 1 saturated carbocycles. The average molecular weight is 364 g/mol. The maximum absolute atomic E-state index is 12.8. The number of anilines is 1. The molecule has 5 nitrogen and oxygen atoms in total. The van der Waals surface area contributed by atoms with Crippen molar-refractivity contribution in [3.63, 3.8) is 0 Å². The van der Waals surface area contributed by atoms with Gasteiger partial charge in [0.15, 0.2) is 0 Å². The minimum absolute atomic E-state index is 0.0650. The van der Waals surface area contributed by atoms with Crippen LogP contribution < -0.4 is 10.5 Å². The molecule has 24 heavy (non-hydrogen) atoms. The number of alkyl halides is 3. The second kappa shape index (κ2) is 7.10. The Bertz CT molecular complexity index is 687. The predicted molar refractivity (Wildman–Crippen MR) is 83.4 cm³/mol. The molecule has 2 unspecified atom stereocenters. The number of halogens is 3. The highest BCUT2D eigenvalue weighted by atomic mass is 32.2. The second-order valence-electron chi connectivity index (χ2n) is 6.10. The lowest BCUT2D eigenvalue weighted by Gasteiger charge is -2.29. The number of carbonyl (C=O) groups is 1. The third kappa shape index (κ3) is 5.48. The van der Waals surface area contributed by atoms with Crippen LogP contribution in [0.5, 0.6) is 0 Å². The molecule has 0 radical (unpaired) electrons. The van der Waals surface area contributed by atoms with Crippen LogP contribution in [0.15, 0.2) is 24.3 Å². The molecule has 1 amide bonds. The highest BCUT2D eigenvalue weighted by Crippen LogP contribution is 2.40. The van der Waals surface area contributed by atoms with Gasteiger partial charge in [-0.2, -0.15) is 13.2 Å². The molecule has 2 rings (SSSR count). The fraction of sp³-hybridized carbons (Fsp3) is 0.533. The topological polar surface area (TPSA) is 89.3 Å². The predicted octanol–water partition coefficient (Wildman–Crippen LogP) is 2.78. The van der Waals surface area contributed by atoms with Crippen molar-refractivity contribution in [3.05, 3.63) is 29.8 Å². The minimum Gasteiger partial charge on any atom is -0.326 e. The van der Waals surface area contributed by atoms with E-state index in [0.717, 1.165) is 0 Å². The van der Waals surface area contributed by atoms with Crippen molar-refractivity contribution in [2.75, 3.05) is 5.32 Å². The van der Waals surface area contributed by atoms with Gasteiger partial charge in [-0.05, 0) is 37.0 Å². The number of rotatable bonds is 4. The normalized spacial score (nSPS) is 22.2. The van der Waals surface area contributed by atoms with E-state index in [2.05, 4.69) is 5.32 Å². The number of nitrogens with one attached hydrogen (secondary N) is 1. The molecule has 0 bridgehead atoms. The summed E-state index contributed by atoms with van der Waals surface area (Å²) in [7, 11) is -3.64. The molecule has 0 heterocycles. The molecule has 1 aromatic rings. The number of benzene rings is 1. The van der Waals surface area contributed by atoms with Gasteiger partial charge in [-0.1, -0.05) is 18.6 Å². The molecular weight excluding hydrogens is 345 g/mol. The van der Waals surface area contributed by atoms with Crippen LogP contribution in [-0.4, -0.2) is 20.5 Å². The summed E-state index contributed by atoms with van der Waals surface area (Å²) in [6.45, 7) is 0.